The minimum atomic E-state index is -4.21. The molecule has 1 spiro atoms. The van der Waals surface area contributed by atoms with Crippen LogP contribution < -0.4 is 14.4 Å². The number of ether oxygens (including phenoxy) is 1. The molecule has 2 bridgehead atoms. The summed E-state index contributed by atoms with van der Waals surface area (Å²) in [4.78, 5) is 21.6. The Morgan fingerprint density at radius 1 is 1.15 bits per heavy atom. The number of anilines is 1. The second-order valence-electron chi connectivity index (χ2n) is 12.4. The van der Waals surface area contributed by atoms with Crippen LogP contribution in [0, 0.1) is 5.41 Å². The van der Waals surface area contributed by atoms with E-state index in [-0.39, 0.29) is 48.6 Å². The van der Waals surface area contributed by atoms with E-state index in [0.29, 0.717) is 23.7 Å². The molecule has 13 heteroatoms. The maximum absolute atomic E-state index is 13.4. The molecule has 1 saturated heterocycles. The van der Waals surface area contributed by atoms with Crippen LogP contribution >= 0.6 is 11.9 Å². The van der Waals surface area contributed by atoms with Gasteiger partial charge in [-0.15, -0.1) is 5.10 Å². The Hall–Kier alpha value is -3.22. The highest BCUT2D eigenvalue weighted by atomic mass is 32.2. The number of rotatable bonds is 5. The highest BCUT2D eigenvalue weighted by molar-refractivity contribution is 7.98. The average molecular weight is 588 g/mol. The maximum atomic E-state index is 13.4. The highest BCUT2D eigenvalue weighted by Crippen LogP contribution is 2.60. The van der Waals surface area contributed by atoms with Crippen molar-refractivity contribution in [3.63, 3.8) is 0 Å². The fourth-order valence-electron chi connectivity index (χ4n) is 6.97. The first-order chi connectivity index (χ1) is 19.5. The number of fused-ring (bicyclic) bond motifs is 3. The lowest BCUT2D eigenvalue weighted by Crippen LogP contribution is -2.41. The van der Waals surface area contributed by atoms with Crippen molar-refractivity contribution in [2.45, 2.75) is 87.4 Å². The quantitative estimate of drug-likeness (QED) is 0.398. The zero-order valence-electron chi connectivity index (χ0n) is 23.0. The first-order valence-corrected chi connectivity index (χ1v) is 14.9. The molecule has 9 nitrogen and oxygen atoms in total. The van der Waals surface area contributed by atoms with Crippen molar-refractivity contribution in [1.82, 2.24) is 29.3 Å². The van der Waals surface area contributed by atoms with Crippen LogP contribution in [0.3, 0.4) is 0 Å². The number of aryl methyl sites for hydroxylation is 1. The Morgan fingerprint density at radius 3 is 2.76 bits per heavy atom. The Morgan fingerprint density at radius 2 is 1.98 bits per heavy atom. The summed E-state index contributed by atoms with van der Waals surface area (Å²) >= 11 is 1.32. The molecule has 6 heterocycles. The van der Waals surface area contributed by atoms with Gasteiger partial charge in [0, 0.05) is 36.3 Å². The standard InChI is InChI=1S/C28H32F3N7O2S/c1-25(2)16-26-8-3-4-12-38-22(26)19(15-32-38)41-35-24(39)18-5-6-20(33-23(18)36(25)17-26)37-13-7-21(34-37)40-14-11-27(9-10-27)28(29,30)31/h5-7,13,15H,3-4,8-12,14,16-17H2,1-2H3,(H,35,39). The number of nitrogens with one attached hydrogen (secondary N) is 1. The van der Waals surface area contributed by atoms with Crippen molar-refractivity contribution in [1.29, 1.82) is 0 Å². The maximum Gasteiger partial charge on any atom is 0.394 e. The Kier molecular flexibility index (Phi) is 5.94. The van der Waals surface area contributed by atoms with Crippen molar-refractivity contribution in [3.8, 4) is 11.7 Å². The molecule has 7 rings (SSSR count). The molecule has 2 fully saturated rings. The lowest BCUT2D eigenvalue weighted by atomic mass is 9.76. The van der Waals surface area contributed by atoms with E-state index in [1.54, 1.807) is 24.4 Å². The van der Waals surface area contributed by atoms with E-state index in [0.717, 1.165) is 37.1 Å². The molecule has 41 heavy (non-hydrogen) atoms. The normalized spacial score (nSPS) is 24.2. The number of hydrogen-bond acceptors (Lipinski definition) is 7. The second-order valence-corrected chi connectivity index (χ2v) is 13.3. The zero-order chi connectivity index (χ0) is 28.6. The van der Waals surface area contributed by atoms with E-state index in [9.17, 15) is 18.0 Å². The first-order valence-electron chi connectivity index (χ1n) is 14.1. The summed E-state index contributed by atoms with van der Waals surface area (Å²) in [5.74, 6) is 1.07. The zero-order valence-corrected chi connectivity index (χ0v) is 23.8. The lowest BCUT2D eigenvalue weighted by molar-refractivity contribution is -0.190. The molecule has 4 aliphatic rings. The third kappa shape index (κ3) is 4.38. The summed E-state index contributed by atoms with van der Waals surface area (Å²) in [6, 6.07) is 5.10. The summed E-state index contributed by atoms with van der Waals surface area (Å²) in [5, 5.41) is 9.12. The van der Waals surface area contributed by atoms with Gasteiger partial charge in [-0.2, -0.15) is 18.3 Å². The second kappa shape index (κ2) is 9.14. The van der Waals surface area contributed by atoms with Gasteiger partial charge >= 0.3 is 6.18 Å². The SMILES string of the molecule is CC1(C)CC23CCCCn4ncc(c42)SNC(=O)c2ccc(-n4ccc(OCCC5(C(F)(F)F)CC5)n4)nc2N1C3. The number of aromatic nitrogens is 5. The Labute approximate surface area is 240 Å². The molecule has 218 valence electrons. The smallest absolute Gasteiger partial charge is 0.394 e. The molecular formula is C28H32F3N7O2S. The predicted octanol–water partition coefficient (Wildman–Crippen LogP) is 5.44. The number of amides is 1. The van der Waals surface area contributed by atoms with Crippen LogP contribution in [0.2, 0.25) is 0 Å². The van der Waals surface area contributed by atoms with Crippen molar-refractivity contribution in [2.75, 3.05) is 18.1 Å². The highest BCUT2D eigenvalue weighted by Gasteiger charge is 2.62. The molecule has 1 N–H and O–H groups in total. The monoisotopic (exact) mass is 587 g/mol. The van der Waals surface area contributed by atoms with Crippen molar-refractivity contribution in [2.24, 2.45) is 5.41 Å². The van der Waals surface area contributed by atoms with Crippen LogP contribution in [0.15, 0.2) is 35.5 Å². The van der Waals surface area contributed by atoms with Crippen LogP contribution in [0.1, 0.15) is 74.8 Å². The fourth-order valence-corrected chi connectivity index (χ4v) is 7.80. The number of halogens is 3. The largest absolute Gasteiger partial charge is 0.477 e. The summed E-state index contributed by atoms with van der Waals surface area (Å²) < 4.78 is 52.0. The number of alkyl halides is 3. The summed E-state index contributed by atoms with van der Waals surface area (Å²) in [7, 11) is 0. The van der Waals surface area contributed by atoms with Gasteiger partial charge in [0.25, 0.3) is 5.91 Å². The van der Waals surface area contributed by atoms with Crippen LogP contribution in [0.4, 0.5) is 19.0 Å². The van der Waals surface area contributed by atoms with Gasteiger partial charge in [0.1, 0.15) is 5.82 Å². The molecule has 1 atom stereocenters. The molecule has 3 aliphatic heterocycles. The predicted molar refractivity (Wildman–Crippen MR) is 146 cm³/mol. The molecule has 0 radical (unpaired) electrons. The summed E-state index contributed by atoms with van der Waals surface area (Å²) in [6.07, 6.45) is 3.65. The number of carbonyl (C=O) groups excluding carboxylic acids is 1. The number of carbonyl (C=O) groups is 1. The van der Waals surface area contributed by atoms with Gasteiger partial charge in [-0.3, -0.25) is 14.2 Å². The molecule has 0 aromatic carbocycles. The third-order valence-corrected chi connectivity index (χ3v) is 10.1. The third-order valence-electron chi connectivity index (χ3n) is 9.25. The molecular weight excluding hydrogens is 555 g/mol. The van der Waals surface area contributed by atoms with E-state index in [4.69, 9.17) is 14.8 Å². The lowest BCUT2D eigenvalue weighted by Gasteiger charge is -2.34. The molecule has 1 unspecified atom stereocenters. The summed E-state index contributed by atoms with van der Waals surface area (Å²) in [5.41, 5.74) is -0.358. The average Bonchev–Trinajstić information content (AvgIpc) is 3.32. The van der Waals surface area contributed by atoms with Crippen LogP contribution in [0.25, 0.3) is 5.82 Å². The van der Waals surface area contributed by atoms with Gasteiger partial charge in [-0.1, -0.05) is 6.42 Å². The molecule has 1 amide bonds. The van der Waals surface area contributed by atoms with Gasteiger partial charge in [0.05, 0.1) is 34.4 Å². The number of hydrogen-bond donors (Lipinski definition) is 1. The van der Waals surface area contributed by atoms with Gasteiger partial charge in [-0.25, -0.2) is 9.67 Å². The van der Waals surface area contributed by atoms with E-state index < -0.39 is 11.6 Å². The molecule has 1 aliphatic carbocycles. The molecule has 3 aromatic rings. The van der Waals surface area contributed by atoms with Crippen molar-refractivity contribution < 1.29 is 22.7 Å². The van der Waals surface area contributed by atoms with Gasteiger partial charge in [-0.05, 0) is 76.5 Å². The van der Waals surface area contributed by atoms with Gasteiger partial charge in [0.2, 0.25) is 5.88 Å². The van der Waals surface area contributed by atoms with Crippen LogP contribution in [-0.2, 0) is 12.0 Å². The number of nitrogens with zero attached hydrogens (tertiary/aromatic N) is 6. The van der Waals surface area contributed by atoms with E-state index >= 15 is 0 Å². The Bertz CT molecular complexity index is 1510. The van der Waals surface area contributed by atoms with Crippen molar-refractivity contribution >= 4 is 23.7 Å². The van der Waals surface area contributed by atoms with Crippen LogP contribution in [0.5, 0.6) is 5.88 Å². The minimum Gasteiger partial charge on any atom is -0.477 e. The topological polar surface area (TPSA) is 90.1 Å². The van der Waals surface area contributed by atoms with Gasteiger partial charge in [0.15, 0.2) is 5.82 Å². The fraction of sp³-hybridized carbons (Fsp3) is 0.571. The number of pyridine rings is 1. The van der Waals surface area contributed by atoms with Gasteiger partial charge < -0.3 is 9.64 Å². The molecule has 1 saturated carbocycles. The van der Waals surface area contributed by atoms with Crippen molar-refractivity contribution in [3.05, 3.63) is 41.9 Å². The van der Waals surface area contributed by atoms with Crippen LogP contribution in [-0.4, -0.2) is 55.3 Å². The first kappa shape index (κ1) is 26.7. The minimum absolute atomic E-state index is 0.0609. The Balaban J connectivity index is 1.20. The van der Waals surface area contributed by atoms with E-state index in [1.807, 2.05) is 6.20 Å². The summed E-state index contributed by atoms with van der Waals surface area (Å²) in [6.45, 7) is 5.91. The van der Waals surface area contributed by atoms with E-state index in [2.05, 4.69) is 33.2 Å². The molecule has 3 aromatic heterocycles. The van der Waals surface area contributed by atoms with E-state index in [1.165, 1.54) is 22.3 Å².